The molecule has 7 heteroatoms. The highest BCUT2D eigenvalue weighted by Gasteiger charge is 2.64. The van der Waals surface area contributed by atoms with Crippen molar-refractivity contribution in [3.05, 3.63) is 0 Å². The third-order valence-electron chi connectivity index (χ3n) is 8.01. The molecule has 0 aromatic rings. The van der Waals surface area contributed by atoms with Gasteiger partial charge in [-0.25, -0.2) is 0 Å². The van der Waals surface area contributed by atoms with Gasteiger partial charge in [-0.3, -0.25) is 14.2 Å². The summed E-state index contributed by atoms with van der Waals surface area (Å²) in [4.78, 5) is 32.9. The van der Waals surface area contributed by atoms with E-state index in [1.165, 1.54) is 0 Å². The maximum absolute atomic E-state index is 12.9. The zero-order valence-corrected chi connectivity index (χ0v) is 18.2. The summed E-state index contributed by atoms with van der Waals surface area (Å²) in [6.07, 6.45) is 2.01. The number of carboxylic acid groups (broad SMARTS) is 1. The summed E-state index contributed by atoms with van der Waals surface area (Å²) < 4.78 is 12.9. The van der Waals surface area contributed by atoms with Crippen LogP contribution in [-0.2, 0) is 14.2 Å². The van der Waals surface area contributed by atoms with E-state index in [-0.39, 0.29) is 41.9 Å². The molecule has 7 unspecified atom stereocenters. The molecule has 2 rings (SSSR count). The van der Waals surface area contributed by atoms with Crippen LogP contribution in [0.3, 0.4) is 0 Å². The minimum absolute atomic E-state index is 0.0113. The lowest BCUT2D eigenvalue weighted by molar-refractivity contribution is -0.141. The first-order valence-corrected chi connectivity index (χ1v) is 12.1. The standard InChI is InChI=1S/C20H36NO5P/c1-12-9-20(5)16(8-15(12)19(20,3)4)13(2)10-27(25,26)11-14(18(23)24)6-7-17(21)22/h12-16H,6-11H2,1-5H3,(H2,21,22)(H,23,24)(H,25,26). The van der Waals surface area contributed by atoms with E-state index in [0.717, 1.165) is 12.8 Å². The number of aliphatic carboxylic acids is 1. The van der Waals surface area contributed by atoms with Crippen LogP contribution in [-0.4, -0.2) is 34.2 Å². The Hall–Kier alpha value is -0.870. The van der Waals surface area contributed by atoms with Gasteiger partial charge in [0, 0.05) is 18.7 Å². The largest absolute Gasteiger partial charge is 0.481 e. The molecule has 6 nitrogen and oxygen atoms in total. The highest BCUT2D eigenvalue weighted by molar-refractivity contribution is 7.58. The number of primary amides is 1. The third-order valence-corrected chi connectivity index (χ3v) is 10.2. The predicted molar refractivity (Wildman–Crippen MR) is 106 cm³/mol. The van der Waals surface area contributed by atoms with E-state index in [0.29, 0.717) is 17.8 Å². The van der Waals surface area contributed by atoms with Crippen molar-refractivity contribution in [3.63, 3.8) is 0 Å². The second-order valence-corrected chi connectivity index (χ2v) is 12.4. The molecule has 0 aliphatic heterocycles. The van der Waals surface area contributed by atoms with Gasteiger partial charge in [0.25, 0.3) is 0 Å². The molecule has 0 aromatic carbocycles. The van der Waals surface area contributed by atoms with Gasteiger partial charge in [0.05, 0.1) is 5.92 Å². The number of fused-ring (bicyclic) bond motifs is 2. The van der Waals surface area contributed by atoms with Gasteiger partial charge in [0.15, 0.2) is 0 Å². The Labute approximate surface area is 162 Å². The number of hydrogen-bond acceptors (Lipinski definition) is 3. The summed E-state index contributed by atoms with van der Waals surface area (Å²) in [6.45, 7) is 11.3. The van der Waals surface area contributed by atoms with Crippen molar-refractivity contribution in [2.45, 2.75) is 60.3 Å². The van der Waals surface area contributed by atoms with E-state index in [1.807, 2.05) is 6.92 Å². The molecule has 156 valence electrons. The Balaban J connectivity index is 2.06. The molecular formula is C20H36NO5P. The molecule has 0 saturated heterocycles. The monoisotopic (exact) mass is 401 g/mol. The van der Waals surface area contributed by atoms with Gasteiger partial charge < -0.3 is 15.7 Å². The third kappa shape index (κ3) is 4.27. The predicted octanol–water partition coefficient (Wildman–Crippen LogP) is 3.57. The average molecular weight is 401 g/mol. The zero-order valence-electron chi connectivity index (χ0n) is 17.3. The smallest absolute Gasteiger partial charge is 0.307 e. The Morgan fingerprint density at radius 2 is 1.85 bits per heavy atom. The lowest BCUT2D eigenvalue weighted by atomic mass is 9.63. The number of carboxylic acids is 1. The van der Waals surface area contributed by atoms with Gasteiger partial charge in [0.1, 0.15) is 0 Å². The quantitative estimate of drug-likeness (QED) is 0.511. The highest BCUT2D eigenvalue weighted by Crippen LogP contribution is 2.72. The van der Waals surface area contributed by atoms with Gasteiger partial charge in [-0.1, -0.05) is 34.6 Å². The molecule has 2 aliphatic rings. The minimum atomic E-state index is -3.61. The molecule has 0 heterocycles. The molecule has 2 saturated carbocycles. The summed E-state index contributed by atoms with van der Waals surface area (Å²) in [7, 11) is -3.61. The molecular weight excluding hydrogens is 365 g/mol. The van der Waals surface area contributed by atoms with E-state index in [4.69, 9.17) is 5.73 Å². The van der Waals surface area contributed by atoms with E-state index in [1.54, 1.807) is 0 Å². The Bertz CT molecular complexity index is 648. The van der Waals surface area contributed by atoms with Crippen molar-refractivity contribution in [3.8, 4) is 0 Å². The van der Waals surface area contributed by atoms with Gasteiger partial charge in [0.2, 0.25) is 13.3 Å². The normalized spacial score (nSPS) is 36.1. The number of rotatable bonds is 9. The van der Waals surface area contributed by atoms with Crippen molar-refractivity contribution in [1.82, 2.24) is 0 Å². The summed E-state index contributed by atoms with van der Waals surface area (Å²) in [5.74, 6) is -0.979. The summed E-state index contributed by atoms with van der Waals surface area (Å²) in [5.41, 5.74) is 5.46. The fraction of sp³-hybridized carbons (Fsp3) is 0.900. The van der Waals surface area contributed by atoms with Crippen molar-refractivity contribution in [1.29, 1.82) is 0 Å². The average Bonchev–Trinajstić information content (AvgIpc) is 2.79. The van der Waals surface area contributed by atoms with Crippen LogP contribution in [0.15, 0.2) is 0 Å². The lowest BCUT2D eigenvalue weighted by Crippen LogP contribution is -2.36. The number of amides is 1. The second kappa shape index (κ2) is 7.51. The first-order chi connectivity index (χ1) is 12.2. The van der Waals surface area contributed by atoms with E-state index in [2.05, 4.69) is 27.7 Å². The Morgan fingerprint density at radius 1 is 1.26 bits per heavy atom. The van der Waals surface area contributed by atoms with Crippen molar-refractivity contribution in [2.24, 2.45) is 46.2 Å². The first-order valence-electron chi connectivity index (χ1n) is 10.0. The Morgan fingerprint density at radius 3 is 2.26 bits per heavy atom. The second-order valence-electron chi connectivity index (χ2n) is 10.00. The summed E-state index contributed by atoms with van der Waals surface area (Å²) in [6, 6.07) is 0. The molecule has 2 fully saturated rings. The topological polar surface area (TPSA) is 118 Å². The molecule has 1 amide bonds. The Kier molecular flexibility index (Phi) is 6.24. The van der Waals surface area contributed by atoms with Crippen molar-refractivity contribution in [2.75, 3.05) is 12.3 Å². The fourth-order valence-electron chi connectivity index (χ4n) is 6.36. The van der Waals surface area contributed by atoms with Crippen LogP contribution in [0, 0.1) is 40.4 Å². The molecule has 2 bridgehead atoms. The lowest BCUT2D eigenvalue weighted by Gasteiger charge is -2.42. The maximum atomic E-state index is 12.9. The van der Waals surface area contributed by atoms with Crippen LogP contribution in [0.25, 0.3) is 0 Å². The fourth-order valence-corrected chi connectivity index (χ4v) is 8.70. The molecule has 2 aliphatic carbocycles. The first kappa shape index (κ1) is 22.4. The summed E-state index contributed by atoms with van der Waals surface area (Å²) >= 11 is 0. The van der Waals surface area contributed by atoms with Crippen molar-refractivity contribution < 1.29 is 24.2 Å². The number of carbonyl (C=O) groups excluding carboxylic acids is 1. The molecule has 0 radical (unpaired) electrons. The molecule has 27 heavy (non-hydrogen) atoms. The van der Waals surface area contributed by atoms with Gasteiger partial charge in [-0.15, -0.1) is 0 Å². The number of carbonyl (C=O) groups is 2. The van der Waals surface area contributed by atoms with Crippen LogP contribution < -0.4 is 5.73 Å². The maximum Gasteiger partial charge on any atom is 0.307 e. The van der Waals surface area contributed by atoms with E-state index < -0.39 is 25.2 Å². The number of nitrogens with two attached hydrogens (primary N) is 1. The zero-order chi connectivity index (χ0) is 20.8. The van der Waals surface area contributed by atoms with Crippen LogP contribution in [0.5, 0.6) is 0 Å². The summed E-state index contributed by atoms with van der Waals surface area (Å²) in [5, 5.41) is 9.34. The van der Waals surface area contributed by atoms with Crippen molar-refractivity contribution >= 4 is 19.2 Å². The van der Waals surface area contributed by atoms with Gasteiger partial charge in [-0.2, -0.15) is 0 Å². The SMILES string of the molecule is CC1CC2(C)C(C(C)CP(=O)(O)CC(CCC(N)=O)C(=O)O)CC1C2(C)C. The minimum Gasteiger partial charge on any atom is -0.481 e. The van der Waals surface area contributed by atoms with Crippen LogP contribution in [0.1, 0.15) is 60.3 Å². The van der Waals surface area contributed by atoms with Gasteiger partial charge >= 0.3 is 5.97 Å². The number of hydrogen-bond donors (Lipinski definition) is 3. The van der Waals surface area contributed by atoms with Crippen LogP contribution >= 0.6 is 7.37 Å². The molecule has 7 atom stereocenters. The van der Waals surface area contributed by atoms with Crippen LogP contribution in [0.2, 0.25) is 0 Å². The molecule has 4 N–H and O–H groups in total. The van der Waals surface area contributed by atoms with E-state index >= 15 is 0 Å². The van der Waals surface area contributed by atoms with Crippen LogP contribution in [0.4, 0.5) is 0 Å². The highest BCUT2D eigenvalue weighted by atomic mass is 31.2. The van der Waals surface area contributed by atoms with Gasteiger partial charge in [-0.05, 0) is 53.8 Å². The molecule has 0 aromatic heterocycles. The van der Waals surface area contributed by atoms with E-state index in [9.17, 15) is 24.2 Å². The molecule has 0 spiro atoms.